The number of anilines is 3. The van der Waals surface area contributed by atoms with Gasteiger partial charge in [-0.15, -0.1) is 0 Å². The van der Waals surface area contributed by atoms with E-state index in [-0.39, 0.29) is 5.69 Å². The Morgan fingerprint density at radius 1 is 1.05 bits per heavy atom. The predicted octanol–water partition coefficient (Wildman–Crippen LogP) is 3.10. The fourth-order valence-corrected chi connectivity index (χ4v) is 1.41. The Labute approximate surface area is 109 Å². The minimum absolute atomic E-state index is 0.365. The van der Waals surface area contributed by atoms with Crippen molar-refractivity contribution in [2.75, 3.05) is 11.1 Å². The summed E-state index contributed by atoms with van der Waals surface area (Å²) in [6.45, 7) is 0. The van der Waals surface area contributed by atoms with Crippen molar-refractivity contribution in [1.82, 2.24) is 9.97 Å². The van der Waals surface area contributed by atoms with E-state index in [1.54, 1.807) is 0 Å². The first-order chi connectivity index (χ1) is 9.25. The number of benzene rings is 1. The summed E-state index contributed by atoms with van der Waals surface area (Å²) in [5, 5.41) is 2.22. The smallest absolute Gasteiger partial charge is 0.368 e. The normalized spacial score (nSPS) is 11.4. The second-order valence-electron chi connectivity index (χ2n) is 3.74. The van der Waals surface area contributed by atoms with E-state index in [4.69, 9.17) is 5.73 Å². The fourth-order valence-electron chi connectivity index (χ4n) is 1.41. The van der Waals surface area contributed by atoms with Crippen LogP contribution in [0.1, 0.15) is 5.69 Å². The maximum absolute atomic E-state index is 13.4. The number of rotatable bonds is 2. The molecule has 4 nitrogen and oxygen atoms in total. The van der Waals surface area contributed by atoms with Crippen LogP contribution in [0.5, 0.6) is 0 Å². The average molecular weight is 290 g/mol. The number of halogens is 5. The summed E-state index contributed by atoms with van der Waals surface area (Å²) in [5.41, 5.74) is 3.50. The van der Waals surface area contributed by atoms with Gasteiger partial charge in [0.25, 0.3) is 0 Å². The third-order valence-corrected chi connectivity index (χ3v) is 2.23. The first kappa shape index (κ1) is 14.0. The molecule has 0 spiro atoms. The number of hydrogen-bond acceptors (Lipinski definition) is 4. The van der Waals surface area contributed by atoms with Gasteiger partial charge in [0.2, 0.25) is 5.95 Å². The van der Waals surface area contributed by atoms with E-state index >= 15 is 0 Å². The molecule has 0 unspecified atom stereocenters. The Bertz CT molecular complexity index is 641. The molecule has 1 heterocycles. The molecule has 1 aromatic heterocycles. The van der Waals surface area contributed by atoms with Crippen LogP contribution >= 0.6 is 0 Å². The number of nitrogens with zero attached hydrogens (tertiary/aromatic N) is 2. The highest BCUT2D eigenvalue weighted by Gasteiger charge is 2.33. The van der Waals surface area contributed by atoms with Gasteiger partial charge < -0.3 is 11.1 Å². The molecule has 0 aliphatic rings. The van der Waals surface area contributed by atoms with Crippen molar-refractivity contribution in [3.8, 4) is 0 Å². The second-order valence-corrected chi connectivity index (χ2v) is 3.74. The predicted molar refractivity (Wildman–Crippen MR) is 61.1 cm³/mol. The van der Waals surface area contributed by atoms with Crippen molar-refractivity contribution in [2.45, 2.75) is 6.18 Å². The molecule has 9 heteroatoms. The van der Waals surface area contributed by atoms with E-state index in [0.717, 1.165) is 18.2 Å². The molecule has 20 heavy (non-hydrogen) atoms. The van der Waals surface area contributed by atoms with Gasteiger partial charge in [0, 0.05) is 12.1 Å². The van der Waals surface area contributed by atoms with E-state index in [2.05, 4.69) is 15.3 Å². The van der Waals surface area contributed by atoms with Gasteiger partial charge in [0.1, 0.15) is 17.5 Å². The van der Waals surface area contributed by atoms with Gasteiger partial charge in [-0.1, -0.05) is 0 Å². The molecule has 0 aliphatic heterocycles. The molecule has 0 saturated heterocycles. The van der Waals surface area contributed by atoms with E-state index in [0.29, 0.717) is 6.07 Å². The molecule has 0 amide bonds. The summed E-state index contributed by atoms with van der Waals surface area (Å²) in [5.74, 6) is -2.64. The monoisotopic (exact) mass is 290 g/mol. The fraction of sp³-hybridized carbons (Fsp3) is 0.0909. The minimum atomic E-state index is -4.73. The maximum atomic E-state index is 13.4. The Hall–Kier alpha value is -2.45. The summed E-state index contributed by atoms with van der Waals surface area (Å²) in [4.78, 5) is 6.50. The van der Waals surface area contributed by atoms with Gasteiger partial charge in [-0.3, -0.25) is 0 Å². The molecule has 0 saturated carbocycles. The highest BCUT2D eigenvalue weighted by atomic mass is 19.4. The quantitative estimate of drug-likeness (QED) is 0.834. The van der Waals surface area contributed by atoms with Gasteiger partial charge in [-0.05, 0) is 12.1 Å². The molecule has 0 radical (unpaired) electrons. The molecule has 2 aromatic rings. The largest absolute Gasteiger partial charge is 0.433 e. The molecule has 0 bridgehead atoms. The van der Waals surface area contributed by atoms with Crippen LogP contribution in [-0.4, -0.2) is 9.97 Å². The first-order valence-electron chi connectivity index (χ1n) is 5.19. The van der Waals surface area contributed by atoms with Crippen molar-refractivity contribution in [1.29, 1.82) is 0 Å². The van der Waals surface area contributed by atoms with Crippen LogP contribution in [0, 0.1) is 11.6 Å². The third kappa shape index (κ3) is 3.11. The van der Waals surface area contributed by atoms with E-state index in [9.17, 15) is 22.0 Å². The van der Waals surface area contributed by atoms with Crippen molar-refractivity contribution >= 4 is 17.5 Å². The Balaban J connectivity index is 2.39. The summed E-state index contributed by atoms with van der Waals surface area (Å²) in [6.07, 6.45) is -4.73. The first-order valence-corrected chi connectivity index (χ1v) is 5.19. The van der Waals surface area contributed by atoms with Gasteiger partial charge in [0.15, 0.2) is 5.69 Å². The lowest BCUT2D eigenvalue weighted by Gasteiger charge is -2.10. The van der Waals surface area contributed by atoms with Gasteiger partial charge >= 0.3 is 6.18 Å². The molecule has 3 N–H and O–H groups in total. The van der Waals surface area contributed by atoms with Gasteiger partial charge in [-0.25, -0.2) is 13.8 Å². The highest BCUT2D eigenvalue weighted by molar-refractivity contribution is 5.58. The lowest BCUT2D eigenvalue weighted by Crippen LogP contribution is -2.12. The highest BCUT2D eigenvalue weighted by Crippen LogP contribution is 2.30. The van der Waals surface area contributed by atoms with E-state index < -0.39 is 35.3 Å². The van der Waals surface area contributed by atoms with Crippen LogP contribution in [0.3, 0.4) is 0 Å². The zero-order valence-electron chi connectivity index (χ0n) is 9.67. The lowest BCUT2D eigenvalue weighted by molar-refractivity contribution is -0.141. The van der Waals surface area contributed by atoms with Crippen molar-refractivity contribution in [3.63, 3.8) is 0 Å². The van der Waals surface area contributed by atoms with Crippen LogP contribution in [-0.2, 0) is 6.18 Å². The zero-order chi connectivity index (χ0) is 14.9. The topological polar surface area (TPSA) is 63.8 Å². The Kier molecular flexibility index (Phi) is 3.43. The Morgan fingerprint density at radius 2 is 1.75 bits per heavy atom. The van der Waals surface area contributed by atoms with E-state index in [1.165, 1.54) is 0 Å². The van der Waals surface area contributed by atoms with Crippen LogP contribution in [0.25, 0.3) is 0 Å². The summed E-state index contributed by atoms with van der Waals surface area (Å²) in [6, 6.07) is 3.02. The zero-order valence-corrected chi connectivity index (χ0v) is 9.67. The van der Waals surface area contributed by atoms with Crippen molar-refractivity contribution in [3.05, 3.63) is 41.6 Å². The lowest BCUT2D eigenvalue weighted by atomic mass is 10.3. The number of nitrogen functional groups attached to an aromatic ring is 1. The molecule has 0 aliphatic carbocycles. The van der Waals surface area contributed by atoms with Crippen LogP contribution in [0.15, 0.2) is 24.3 Å². The molecule has 0 atom stereocenters. The summed E-state index contributed by atoms with van der Waals surface area (Å²) >= 11 is 0. The van der Waals surface area contributed by atoms with Crippen LogP contribution in [0.2, 0.25) is 0 Å². The summed E-state index contributed by atoms with van der Waals surface area (Å²) < 4.78 is 63.9. The number of nitrogens with two attached hydrogens (primary N) is 1. The van der Waals surface area contributed by atoms with Crippen molar-refractivity contribution in [2.24, 2.45) is 0 Å². The SMILES string of the molecule is Nc1nc(Nc2cc(F)ccc2F)cc(C(F)(F)F)n1. The molecule has 1 aromatic carbocycles. The average Bonchev–Trinajstić information content (AvgIpc) is 2.32. The van der Waals surface area contributed by atoms with E-state index in [1.807, 2.05) is 0 Å². The number of hydrogen-bond donors (Lipinski definition) is 2. The minimum Gasteiger partial charge on any atom is -0.368 e. The summed E-state index contributed by atoms with van der Waals surface area (Å²) in [7, 11) is 0. The molecule has 2 rings (SSSR count). The third-order valence-electron chi connectivity index (χ3n) is 2.23. The molecular formula is C11H7F5N4. The van der Waals surface area contributed by atoms with Crippen molar-refractivity contribution < 1.29 is 22.0 Å². The van der Waals surface area contributed by atoms with Gasteiger partial charge in [-0.2, -0.15) is 18.2 Å². The number of aromatic nitrogens is 2. The number of alkyl halides is 3. The number of nitrogens with one attached hydrogen (secondary N) is 1. The molecular weight excluding hydrogens is 283 g/mol. The molecule has 0 fully saturated rings. The maximum Gasteiger partial charge on any atom is 0.433 e. The van der Waals surface area contributed by atoms with Crippen LogP contribution < -0.4 is 11.1 Å². The van der Waals surface area contributed by atoms with Crippen LogP contribution in [0.4, 0.5) is 39.4 Å². The second kappa shape index (κ2) is 4.91. The Morgan fingerprint density at radius 3 is 2.40 bits per heavy atom. The van der Waals surface area contributed by atoms with Gasteiger partial charge in [0.05, 0.1) is 5.69 Å². The molecule has 106 valence electrons. The standard InChI is InChI=1S/C11H7F5N4/c12-5-1-2-6(13)7(3-5)18-9-4-8(11(14,15)16)19-10(17)20-9/h1-4H,(H3,17,18,19,20).